The second-order valence-electron chi connectivity index (χ2n) is 2.81. The maximum Gasteiger partial charge on any atom is 0.265 e. The van der Waals surface area contributed by atoms with Crippen molar-refractivity contribution in [3.05, 3.63) is 39.7 Å². The van der Waals surface area contributed by atoms with Gasteiger partial charge in [-0.25, -0.2) is 8.51 Å². The first kappa shape index (κ1) is 10.7. The van der Waals surface area contributed by atoms with Gasteiger partial charge in [0.15, 0.2) is 11.0 Å². The molecule has 0 spiro atoms. The first-order valence-corrected chi connectivity index (χ1v) is 5.84. The van der Waals surface area contributed by atoms with E-state index < -0.39 is 11.0 Å². The predicted molar refractivity (Wildman–Crippen MR) is 61.0 cm³/mol. The third kappa shape index (κ3) is 1.93. The molecule has 0 aromatic heterocycles. The van der Waals surface area contributed by atoms with E-state index >= 15 is 0 Å². The van der Waals surface area contributed by atoms with Gasteiger partial charge in [-0.05, 0) is 24.3 Å². The molecule has 2 rings (SSSR count). The number of rotatable bonds is 1. The molecule has 0 N–H and O–H groups in total. The third-order valence-electron chi connectivity index (χ3n) is 1.83. The van der Waals surface area contributed by atoms with Crippen LogP contribution in [0.25, 0.3) is 0 Å². The Labute approximate surface area is 98.9 Å². The van der Waals surface area contributed by atoms with Gasteiger partial charge >= 0.3 is 0 Å². The zero-order chi connectivity index (χ0) is 11.0. The van der Waals surface area contributed by atoms with Gasteiger partial charge in [0.1, 0.15) is 4.36 Å². The standard InChI is InChI=1S/C9H5Cl2NO2S/c10-6-1-3-7(4-2-6)12-9(13)5-8(11)15(12)14/h1-5H. The van der Waals surface area contributed by atoms with Gasteiger partial charge < -0.3 is 0 Å². The van der Waals surface area contributed by atoms with Crippen LogP contribution in [0.4, 0.5) is 5.69 Å². The summed E-state index contributed by atoms with van der Waals surface area (Å²) < 4.78 is 12.7. The Morgan fingerprint density at radius 3 is 2.20 bits per heavy atom. The van der Waals surface area contributed by atoms with Crippen molar-refractivity contribution in [2.75, 3.05) is 4.31 Å². The Morgan fingerprint density at radius 2 is 1.73 bits per heavy atom. The summed E-state index contributed by atoms with van der Waals surface area (Å²) >= 11 is 11.3. The van der Waals surface area contributed by atoms with Crippen molar-refractivity contribution in [2.45, 2.75) is 0 Å². The van der Waals surface area contributed by atoms with Crippen LogP contribution < -0.4 is 4.31 Å². The van der Waals surface area contributed by atoms with Crippen LogP contribution in [-0.4, -0.2) is 10.1 Å². The van der Waals surface area contributed by atoms with Crippen molar-refractivity contribution in [3.63, 3.8) is 0 Å². The Hall–Kier alpha value is -0.840. The van der Waals surface area contributed by atoms with Gasteiger partial charge in [-0.3, -0.25) is 4.79 Å². The molecule has 1 aromatic carbocycles. The monoisotopic (exact) mass is 261 g/mol. The highest BCUT2D eigenvalue weighted by molar-refractivity contribution is 7.93. The summed E-state index contributed by atoms with van der Waals surface area (Å²) in [6, 6.07) is 6.46. The fourth-order valence-electron chi connectivity index (χ4n) is 1.17. The number of hydrogen-bond donors (Lipinski definition) is 0. The van der Waals surface area contributed by atoms with Crippen molar-refractivity contribution < 1.29 is 9.00 Å². The molecule has 1 aromatic rings. The lowest BCUT2D eigenvalue weighted by molar-refractivity contribution is -0.112. The summed E-state index contributed by atoms with van der Waals surface area (Å²) in [7, 11) is -1.63. The Kier molecular flexibility index (Phi) is 2.82. The molecule has 1 unspecified atom stereocenters. The summed E-state index contributed by atoms with van der Waals surface area (Å²) in [5.41, 5.74) is 0.509. The Balaban J connectivity index is 2.38. The van der Waals surface area contributed by atoms with E-state index in [1.54, 1.807) is 24.3 Å². The van der Waals surface area contributed by atoms with E-state index in [0.29, 0.717) is 10.7 Å². The van der Waals surface area contributed by atoms with E-state index in [0.717, 1.165) is 10.4 Å². The van der Waals surface area contributed by atoms with E-state index in [-0.39, 0.29) is 10.3 Å². The molecule has 1 atom stereocenters. The van der Waals surface area contributed by atoms with E-state index in [9.17, 15) is 9.00 Å². The lowest BCUT2D eigenvalue weighted by atomic mass is 10.3. The average molecular weight is 262 g/mol. The van der Waals surface area contributed by atoms with Crippen LogP contribution in [0.1, 0.15) is 0 Å². The second kappa shape index (κ2) is 3.96. The quantitative estimate of drug-likeness (QED) is 0.779. The molecule has 3 nitrogen and oxygen atoms in total. The fourth-order valence-corrected chi connectivity index (χ4v) is 2.51. The maximum atomic E-state index is 11.6. The number of nitrogens with zero attached hydrogens (tertiary/aromatic N) is 1. The van der Waals surface area contributed by atoms with Crippen LogP contribution in [0.5, 0.6) is 0 Å². The van der Waals surface area contributed by atoms with Crippen molar-refractivity contribution >= 4 is 45.8 Å². The lowest BCUT2D eigenvalue weighted by Gasteiger charge is -2.13. The molecule has 6 heteroatoms. The van der Waals surface area contributed by atoms with E-state index in [1.807, 2.05) is 0 Å². The minimum atomic E-state index is -1.63. The van der Waals surface area contributed by atoms with E-state index in [4.69, 9.17) is 23.2 Å². The molecule has 0 bridgehead atoms. The number of carbonyl (C=O) groups excluding carboxylic acids is 1. The van der Waals surface area contributed by atoms with Gasteiger partial charge in [0.2, 0.25) is 0 Å². The van der Waals surface area contributed by atoms with Crippen molar-refractivity contribution in [3.8, 4) is 0 Å². The topological polar surface area (TPSA) is 37.4 Å². The molecule has 1 heterocycles. The summed E-state index contributed by atoms with van der Waals surface area (Å²) in [6.07, 6.45) is 1.15. The number of halogens is 2. The summed E-state index contributed by atoms with van der Waals surface area (Å²) in [4.78, 5) is 11.4. The molecule has 0 saturated heterocycles. The molecule has 1 aliphatic heterocycles. The van der Waals surface area contributed by atoms with Crippen molar-refractivity contribution in [2.24, 2.45) is 0 Å². The Morgan fingerprint density at radius 1 is 1.13 bits per heavy atom. The fraction of sp³-hybridized carbons (Fsp3) is 0. The Bertz CT molecular complexity index is 470. The van der Waals surface area contributed by atoms with Crippen LogP contribution in [0, 0.1) is 0 Å². The van der Waals surface area contributed by atoms with Crippen LogP contribution in [0.3, 0.4) is 0 Å². The van der Waals surface area contributed by atoms with Crippen molar-refractivity contribution in [1.29, 1.82) is 0 Å². The van der Waals surface area contributed by atoms with Crippen LogP contribution in [0.15, 0.2) is 34.7 Å². The molecular weight excluding hydrogens is 257 g/mol. The SMILES string of the molecule is O=C1C=C(Cl)S(=O)N1c1ccc(Cl)cc1. The van der Waals surface area contributed by atoms with Gasteiger partial charge in [-0.1, -0.05) is 23.2 Å². The summed E-state index contributed by atoms with van der Waals surface area (Å²) in [5, 5.41) is 0.551. The van der Waals surface area contributed by atoms with Crippen LogP contribution in [-0.2, 0) is 15.8 Å². The first-order valence-electron chi connectivity index (χ1n) is 3.98. The first-order chi connectivity index (χ1) is 7.09. The molecule has 78 valence electrons. The molecule has 1 amide bonds. The molecular formula is C9H5Cl2NO2S. The van der Waals surface area contributed by atoms with E-state index in [2.05, 4.69) is 0 Å². The lowest BCUT2D eigenvalue weighted by Crippen LogP contribution is -2.25. The smallest absolute Gasteiger partial charge is 0.265 e. The minimum absolute atomic E-state index is 0.0370. The number of anilines is 1. The molecule has 0 fully saturated rings. The minimum Gasteiger partial charge on any atom is -0.268 e. The number of hydrogen-bond acceptors (Lipinski definition) is 2. The highest BCUT2D eigenvalue weighted by Crippen LogP contribution is 2.28. The largest absolute Gasteiger partial charge is 0.268 e. The highest BCUT2D eigenvalue weighted by atomic mass is 35.5. The molecule has 0 saturated carbocycles. The van der Waals surface area contributed by atoms with Gasteiger partial charge in [-0.2, -0.15) is 0 Å². The second-order valence-corrected chi connectivity index (χ2v) is 5.18. The van der Waals surface area contributed by atoms with Gasteiger partial charge in [0.25, 0.3) is 5.91 Å². The zero-order valence-electron chi connectivity index (χ0n) is 7.31. The number of benzene rings is 1. The third-order valence-corrected chi connectivity index (χ3v) is 3.76. The zero-order valence-corrected chi connectivity index (χ0v) is 9.64. The molecule has 0 radical (unpaired) electrons. The van der Waals surface area contributed by atoms with Crippen LogP contribution >= 0.6 is 23.2 Å². The number of carbonyl (C=O) groups is 1. The number of amides is 1. The maximum absolute atomic E-state index is 11.6. The van der Waals surface area contributed by atoms with Gasteiger partial charge in [0, 0.05) is 11.1 Å². The highest BCUT2D eigenvalue weighted by Gasteiger charge is 2.29. The van der Waals surface area contributed by atoms with Crippen LogP contribution in [0.2, 0.25) is 5.02 Å². The van der Waals surface area contributed by atoms with E-state index in [1.165, 1.54) is 0 Å². The normalized spacial score (nSPS) is 20.7. The van der Waals surface area contributed by atoms with Gasteiger partial charge in [0.05, 0.1) is 5.69 Å². The molecule has 15 heavy (non-hydrogen) atoms. The van der Waals surface area contributed by atoms with Crippen molar-refractivity contribution in [1.82, 2.24) is 0 Å². The predicted octanol–water partition coefficient (Wildman–Crippen LogP) is 2.43. The average Bonchev–Trinajstić information content (AvgIpc) is 2.44. The van der Waals surface area contributed by atoms with Gasteiger partial charge in [-0.15, -0.1) is 0 Å². The summed E-state index contributed by atoms with van der Waals surface area (Å²) in [6.45, 7) is 0. The molecule has 1 aliphatic rings. The summed E-state index contributed by atoms with van der Waals surface area (Å²) in [5.74, 6) is -0.388. The molecule has 0 aliphatic carbocycles.